The van der Waals surface area contributed by atoms with Crippen LogP contribution in [0.25, 0.3) is 0 Å². The number of amides is 2. The van der Waals surface area contributed by atoms with Crippen molar-refractivity contribution in [2.24, 2.45) is 0 Å². The molecule has 0 spiro atoms. The number of urea groups is 1. The lowest BCUT2D eigenvalue weighted by atomic mass is 9.98. The summed E-state index contributed by atoms with van der Waals surface area (Å²) in [6.45, 7) is 1.90. The number of fused-ring (bicyclic) bond motifs is 1. The summed E-state index contributed by atoms with van der Waals surface area (Å²) < 4.78 is 24.6. The topological polar surface area (TPSA) is 59.6 Å². The predicted octanol–water partition coefficient (Wildman–Crippen LogP) is 4.84. The van der Waals surface area contributed by atoms with E-state index in [2.05, 4.69) is 10.6 Å². The van der Waals surface area contributed by atoms with E-state index in [9.17, 15) is 9.18 Å². The molecule has 5 nitrogen and oxygen atoms in total. The molecule has 154 valence electrons. The molecule has 6 heteroatoms. The zero-order valence-corrected chi connectivity index (χ0v) is 16.7. The molecular formula is C24H23FN2O3. The van der Waals surface area contributed by atoms with Gasteiger partial charge in [-0.25, -0.2) is 9.18 Å². The highest BCUT2D eigenvalue weighted by Gasteiger charge is 2.18. The van der Waals surface area contributed by atoms with Crippen LogP contribution in [0.2, 0.25) is 0 Å². The summed E-state index contributed by atoms with van der Waals surface area (Å²) in [7, 11) is 0. The van der Waals surface area contributed by atoms with Crippen LogP contribution in [0.15, 0.2) is 66.7 Å². The fourth-order valence-corrected chi connectivity index (χ4v) is 3.45. The van der Waals surface area contributed by atoms with E-state index in [0.717, 1.165) is 16.9 Å². The van der Waals surface area contributed by atoms with E-state index in [0.29, 0.717) is 29.8 Å². The number of nitrogens with one attached hydrogen (secondary N) is 2. The first-order valence-electron chi connectivity index (χ1n) is 9.83. The molecular weight excluding hydrogens is 383 g/mol. The standard InChI is InChI=1S/C24H23FN2O3/c1-16-7-9-19(14-21(16)25)26-24(28)27-20(11-17-5-3-2-4-6-17)12-18-8-10-22-23(13-18)30-15-29-22/h2-10,13-14,20H,11-12,15H2,1H3,(H2,26,27,28)/t20-/m0/s1. The first-order chi connectivity index (χ1) is 14.6. The van der Waals surface area contributed by atoms with Gasteiger partial charge in [0.2, 0.25) is 6.79 Å². The summed E-state index contributed by atoms with van der Waals surface area (Å²) in [6.07, 6.45) is 1.27. The van der Waals surface area contributed by atoms with Gasteiger partial charge in [-0.1, -0.05) is 42.5 Å². The van der Waals surface area contributed by atoms with Crippen LogP contribution in [-0.2, 0) is 12.8 Å². The second-order valence-corrected chi connectivity index (χ2v) is 7.34. The Morgan fingerprint density at radius 3 is 2.53 bits per heavy atom. The van der Waals surface area contributed by atoms with Gasteiger partial charge in [0.05, 0.1) is 0 Å². The van der Waals surface area contributed by atoms with Gasteiger partial charge < -0.3 is 20.1 Å². The van der Waals surface area contributed by atoms with Gasteiger partial charge in [0, 0.05) is 11.7 Å². The number of ether oxygens (including phenoxy) is 2. The van der Waals surface area contributed by atoms with Gasteiger partial charge in [-0.3, -0.25) is 0 Å². The van der Waals surface area contributed by atoms with Crippen molar-refractivity contribution in [1.29, 1.82) is 0 Å². The van der Waals surface area contributed by atoms with Crippen LogP contribution in [-0.4, -0.2) is 18.9 Å². The number of hydrogen-bond acceptors (Lipinski definition) is 3. The van der Waals surface area contributed by atoms with Gasteiger partial charge >= 0.3 is 6.03 Å². The van der Waals surface area contributed by atoms with Crippen molar-refractivity contribution < 1.29 is 18.7 Å². The second kappa shape index (κ2) is 8.86. The van der Waals surface area contributed by atoms with Gasteiger partial charge in [-0.15, -0.1) is 0 Å². The van der Waals surface area contributed by atoms with E-state index >= 15 is 0 Å². The molecule has 0 bridgehead atoms. The Labute approximate surface area is 174 Å². The molecule has 1 aliphatic rings. The molecule has 0 fully saturated rings. The SMILES string of the molecule is Cc1ccc(NC(=O)N[C@@H](Cc2ccccc2)Cc2ccc3c(c2)OCO3)cc1F. The number of carbonyl (C=O) groups excluding carboxylic acids is 1. The fraction of sp³-hybridized carbons (Fsp3) is 0.208. The van der Waals surface area contributed by atoms with Gasteiger partial charge in [-0.05, 0) is 60.7 Å². The summed E-state index contributed by atoms with van der Waals surface area (Å²) in [6, 6.07) is 19.9. The van der Waals surface area contributed by atoms with E-state index in [4.69, 9.17) is 9.47 Å². The zero-order chi connectivity index (χ0) is 20.9. The van der Waals surface area contributed by atoms with Gasteiger partial charge in [-0.2, -0.15) is 0 Å². The molecule has 1 aliphatic heterocycles. The van der Waals surface area contributed by atoms with E-state index in [1.54, 1.807) is 19.1 Å². The number of halogens is 1. The van der Waals surface area contributed by atoms with Crippen molar-refractivity contribution in [2.45, 2.75) is 25.8 Å². The molecule has 1 atom stereocenters. The Morgan fingerprint density at radius 1 is 0.967 bits per heavy atom. The Kier molecular flexibility index (Phi) is 5.84. The Bertz CT molecular complexity index is 1040. The van der Waals surface area contributed by atoms with Crippen LogP contribution in [0.5, 0.6) is 11.5 Å². The summed E-state index contributed by atoms with van der Waals surface area (Å²) in [5.41, 5.74) is 3.09. The van der Waals surface area contributed by atoms with Gasteiger partial charge in [0.25, 0.3) is 0 Å². The minimum absolute atomic E-state index is 0.164. The lowest BCUT2D eigenvalue weighted by molar-refractivity contribution is 0.174. The molecule has 30 heavy (non-hydrogen) atoms. The Morgan fingerprint density at radius 2 is 1.73 bits per heavy atom. The van der Waals surface area contributed by atoms with E-state index in [-0.39, 0.29) is 24.7 Å². The number of aryl methyl sites for hydroxylation is 1. The molecule has 3 aromatic carbocycles. The largest absolute Gasteiger partial charge is 0.454 e. The van der Waals surface area contributed by atoms with Crippen LogP contribution in [0.4, 0.5) is 14.9 Å². The summed E-state index contributed by atoms with van der Waals surface area (Å²) >= 11 is 0. The molecule has 3 aromatic rings. The lowest BCUT2D eigenvalue weighted by Gasteiger charge is -2.20. The molecule has 0 unspecified atom stereocenters. The van der Waals surface area contributed by atoms with Gasteiger partial charge in [0.15, 0.2) is 11.5 Å². The molecule has 0 aliphatic carbocycles. The van der Waals surface area contributed by atoms with Crippen molar-refractivity contribution in [3.8, 4) is 11.5 Å². The third-order valence-corrected chi connectivity index (χ3v) is 5.01. The maximum Gasteiger partial charge on any atom is 0.319 e. The fourth-order valence-electron chi connectivity index (χ4n) is 3.45. The van der Waals surface area contributed by atoms with Crippen LogP contribution >= 0.6 is 0 Å². The normalized spacial score (nSPS) is 13.0. The van der Waals surface area contributed by atoms with Crippen LogP contribution < -0.4 is 20.1 Å². The molecule has 1 heterocycles. The quantitative estimate of drug-likeness (QED) is 0.616. The van der Waals surface area contributed by atoms with Crippen molar-refractivity contribution in [3.05, 3.63) is 89.2 Å². The van der Waals surface area contributed by atoms with Crippen LogP contribution in [0.1, 0.15) is 16.7 Å². The molecule has 2 amide bonds. The summed E-state index contributed by atoms with van der Waals surface area (Å²) in [4.78, 5) is 12.6. The smallest absolute Gasteiger partial charge is 0.319 e. The predicted molar refractivity (Wildman–Crippen MR) is 113 cm³/mol. The van der Waals surface area contributed by atoms with E-state index in [1.165, 1.54) is 6.07 Å². The average molecular weight is 406 g/mol. The number of benzene rings is 3. The molecule has 2 N–H and O–H groups in total. The van der Waals surface area contributed by atoms with Crippen LogP contribution in [0.3, 0.4) is 0 Å². The van der Waals surface area contributed by atoms with Crippen molar-refractivity contribution in [1.82, 2.24) is 5.32 Å². The Hall–Kier alpha value is -3.54. The number of carbonyl (C=O) groups is 1. The highest BCUT2D eigenvalue weighted by Crippen LogP contribution is 2.33. The maximum atomic E-state index is 13.8. The molecule has 0 saturated carbocycles. The molecule has 0 radical (unpaired) electrons. The maximum absolute atomic E-state index is 13.8. The highest BCUT2D eigenvalue weighted by molar-refractivity contribution is 5.89. The molecule has 0 aromatic heterocycles. The van der Waals surface area contributed by atoms with Crippen molar-refractivity contribution in [2.75, 3.05) is 12.1 Å². The first-order valence-corrected chi connectivity index (χ1v) is 9.83. The van der Waals surface area contributed by atoms with E-state index < -0.39 is 0 Å². The third kappa shape index (κ3) is 4.89. The number of anilines is 1. The minimum atomic E-state index is -0.375. The second-order valence-electron chi connectivity index (χ2n) is 7.34. The third-order valence-electron chi connectivity index (χ3n) is 5.01. The summed E-state index contributed by atoms with van der Waals surface area (Å²) in [5.74, 6) is 1.09. The van der Waals surface area contributed by atoms with Gasteiger partial charge in [0.1, 0.15) is 5.82 Å². The lowest BCUT2D eigenvalue weighted by Crippen LogP contribution is -2.40. The Balaban J connectivity index is 1.47. The molecule has 0 saturated heterocycles. The van der Waals surface area contributed by atoms with Crippen LogP contribution in [0, 0.1) is 12.7 Å². The van der Waals surface area contributed by atoms with Crippen molar-refractivity contribution >= 4 is 11.7 Å². The molecule has 4 rings (SSSR count). The average Bonchev–Trinajstić information content (AvgIpc) is 3.19. The van der Waals surface area contributed by atoms with Crippen molar-refractivity contribution in [3.63, 3.8) is 0 Å². The first kappa shape index (κ1) is 19.8. The summed E-state index contributed by atoms with van der Waals surface area (Å²) in [5, 5.41) is 5.74. The highest BCUT2D eigenvalue weighted by atomic mass is 19.1. The number of rotatable bonds is 6. The number of hydrogen-bond donors (Lipinski definition) is 2. The monoisotopic (exact) mass is 406 g/mol. The van der Waals surface area contributed by atoms with E-state index in [1.807, 2.05) is 48.5 Å². The zero-order valence-electron chi connectivity index (χ0n) is 16.7. The minimum Gasteiger partial charge on any atom is -0.454 e.